The molecular weight excluding hydrogens is 334 g/mol. The van der Waals surface area contributed by atoms with E-state index in [4.69, 9.17) is 9.94 Å². The van der Waals surface area contributed by atoms with Crippen molar-refractivity contribution in [3.8, 4) is 5.75 Å². The number of carbonyl (C=O) groups is 1. The maximum absolute atomic E-state index is 11.7. The van der Waals surface area contributed by atoms with E-state index in [2.05, 4.69) is 21.1 Å². The van der Waals surface area contributed by atoms with Crippen molar-refractivity contribution in [2.45, 2.75) is 0 Å². The Hall–Kier alpha value is -2.40. The number of nitrogens with zero attached hydrogens (tertiary/aromatic N) is 1. The SMILES string of the molecule is O=C(/C=C/c1ccc(Br)cc1)Oc1ccc(/C=N/O)cc1. The maximum atomic E-state index is 11.7. The molecular formula is C16H12BrNO3. The van der Waals surface area contributed by atoms with E-state index in [1.165, 1.54) is 12.3 Å². The molecule has 0 radical (unpaired) electrons. The van der Waals surface area contributed by atoms with Gasteiger partial charge in [-0.15, -0.1) is 0 Å². The van der Waals surface area contributed by atoms with Crippen LogP contribution in [-0.2, 0) is 4.79 Å². The van der Waals surface area contributed by atoms with E-state index in [0.29, 0.717) is 11.3 Å². The second-order valence-corrected chi connectivity index (χ2v) is 5.04. The second kappa shape index (κ2) is 7.40. The van der Waals surface area contributed by atoms with E-state index in [-0.39, 0.29) is 0 Å². The van der Waals surface area contributed by atoms with Gasteiger partial charge >= 0.3 is 5.97 Å². The molecule has 0 aromatic heterocycles. The summed E-state index contributed by atoms with van der Waals surface area (Å²) in [7, 11) is 0. The first kappa shape index (κ1) is 15.0. The van der Waals surface area contributed by atoms with Gasteiger partial charge in [-0.1, -0.05) is 33.2 Å². The highest BCUT2D eigenvalue weighted by molar-refractivity contribution is 9.10. The van der Waals surface area contributed by atoms with Crippen LogP contribution in [0.5, 0.6) is 5.75 Å². The van der Waals surface area contributed by atoms with Crippen molar-refractivity contribution in [1.82, 2.24) is 0 Å². The van der Waals surface area contributed by atoms with Gasteiger partial charge in [-0.3, -0.25) is 0 Å². The van der Waals surface area contributed by atoms with Gasteiger partial charge in [-0.2, -0.15) is 0 Å². The Balaban J connectivity index is 1.96. The van der Waals surface area contributed by atoms with Crippen LogP contribution in [-0.4, -0.2) is 17.4 Å². The predicted molar refractivity (Wildman–Crippen MR) is 84.6 cm³/mol. The minimum absolute atomic E-state index is 0.426. The first-order chi connectivity index (χ1) is 10.2. The predicted octanol–water partition coefficient (Wildman–Crippen LogP) is 3.88. The van der Waals surface area contributed by atoms with Crippen molar-refractivity contribution in [2.75, 3.05) is 0 Å². The summed E-state index contributed by atoms with van der Waals surface area (Å²) in [6, 6.07) is 14.2. The summed E-state index contributed by atoms with van der Waals surface area (Å²) in [6.07, 6.45) is 4.34. The van der Waals surface area contributed by atoms with Crippen LogP contribution in [0, 0.1) is 0 Å². The fraction of sp³-hybridized carbons (Fsp3) is 0. The molecule has 2 aromatic rings. The number of hydrogen-bond acceptors (Lipinski definition) is 4. The molecule has 0 saturated heterocycles. The number of rotatable bonds is 4. The van der Waals surface area contributed by atoms with E-state index in [0.717, 1.165) is 10.0 Å². The zero-order valence-corrected chi connectivity index (χ0v) is 12.5. The van der Waals surface area contributed by atoms with Crippen LogP contribution in [0.2, 0.25) is 0 Å². The van der Waals surface area contributed by atoms with Crippen LogP contribution in [0.4, 0.5) is 0 Å². The summed E-state index contributed by atoms with van der Waals surface area (Å²) >= 11 is 3.35. The lowest BCUT2D eigenvalue weighted by molar-refractivity contribution is -0.128. The van der Waals surface area contributed by atoms with Crippen molar-refractivity contribution in [3.63, 3.8) is 0 Å². The van der Waals surface area contributed by atoms with Gasteiger partial charge < -0.3 is 9.94 Å². The third kappa shape index (κ3) is 4.89. The van der Waals surface area contributed by atoms with Crippen LogP contribution in [0.15, 0.2) is 64.2 Å². The van der Waals surface area contributed by atoms with E-state index in [1.807, 2.05) is 24.3 Å². The number of benzene rings is 2. The van der Waals surface area contributed by atoms with Crippen molar-refractivity contribution in [1.29, 1.82) is 0 Å². The number of esters is 1. The molecule has 2 rings (SSSR count). The number of halogens is 1. The second-order valence-electron chi connectivity index (χ2n) is 4.12. The van der Waals surface area contributed by atoms with Gasteiger partial charge in [0, 0.05) is 10.5 Å². The van der Waals surface area contributed by atoms with Crippen LogP contribution >= 0.6 is 15.9 Å². The molecule has 0 aliphatic carbocycles. The van der Waals surface area contributed by atoms with Crippen molar-refractivity contribution in [2.24, 2.45) is 5.16 Å². The number of hydrogen-bond donors (Lipinski definition) is 1. The standard InChI is InChI=1S/C16H12BrNO3/c17-14-6-1-12(2-7-14)5-10-16(19)21-15-8-3-13(4-9-15)11-18-20/h1-11,20H/b10-5+,18-11+. The highest BCUT2D eigenvalue weighted by Crippen LogP contribution is 2.13. The Kier molecular flexibility index (Phi) is 5.29. The van der Waals surface area contributed by atoms with E-state index < -0.39 is 5.97 Å². The van der Waals surface area contributed by atoms with Gasteiger partial charge in [0.2, 0.25) is 0 Å². The lowest BCUT2D eigenvalue weighted by atomic mass is 10.2. The summed E-state index contributed by atoms with van der Waals surface area (Å²) in [5, 5.41) is 11.3. The third-order valence-corrected chi connectivity index (χ3v) is 3.12. The summed E-state index contributed by atoms with van der Waals surface area (Å²) in [5.74, 6) is -0.0305. The molecule has 1 N–H and O–H groups in total. The molecule has 0 amide bonds. The first-order valence-corrected chi connectivity index (χ1v) is 6.89. The lowest BCUT2D eigenvalue weighted by Gasteiger charge is -2.01. The first-order valence-electron chi connectivity index (χ1n) is 6.10. The Morgan fingerprint density at radius 1 is 1.05 bits per heavy atom. The smallest absolute Gasteiger partial charge is 0.336 e. The average Bonchev–Trinajstić information content (AvgIpc) is 2.49. The largest absolute Gasteiger partial charge is 0.423 e. The Labute approximate surface area is 130 Å². The highest BCUT2D eigenvalue weighted by Gasteiger charge is 2.00. The number of ether oxygens (including phenoxy) is 1. The lowest BCUT2D eigenvalue weighted by Crippen LogP contribution is -2.03. The average molecular weight is 346 g/mol. The molecule has 0 atom stereocenters. The summed E-state index contributed by atoms with van der Waals surface area (Å²) in [5.41, 5.74) is 1.62. The fourth-order valence-corrected chi connectivity index (χ4v) is 1.84. The molecule has 5 heteroatoms. The van der Waals surface area contributed by atoms with Gasteiger partial charge in [0.1, 0.15) is 5.75 Å². The summed E-state index contributed by atoms with van der Waals surface area (Å²) in [6.45, 7) is 0. The van der Waals surface area contributed by atoms with Crippen molar-refractivity contribution < 1.29 is 14.7 Å². The van der Waals surface area contributed by atoms with Crippen molar-refractivity contribution >= 4 is 34.2 Å². The summed E-state index contributed by atoms with van der Waals surface area (Å²) in [4.78, 5) is 11.7. The van der Waals surface area contributed by atoms with Crippen LogP contribution < -0.4 is 4.74 Å². The molecule has 0 fully saturated rings. The molecule has 0 spiro atoms. The molecule has 21 heavy (non-hydrogen) atoms. The number of carbonyl (C=O) groups excluding carboxylic acids is 1. The molecule has 0 bridgehead atoms. The van der Waals surface area contributed by atoms with Gasteiger partial charge in [-0.25, -0.2) is 4.79 Å². The van der Waals surface area contributed by atoms with E-state index >= 15 is 0 Å². The minimum atomic E-state index is -0.457. The minimum Gasteiger partial charge on any atom is -0.423 e. The molecule has 0 aliphatic heterocycles. The van der Waals surface area contributed by atoms with E-state index in [1.54, 1.807) is 30.3 Å². The molecule has 0 aliphatic rings. The van der Waals surface area contributed by atoms with Crippen LogP contribution in [0.25, 0.3) is 6.08 Å². The van der Waals surface area contributed by atoms with Gasteiger partial charge in [0.05, 0.1) is 6.21 Å². The molecule has 2 aromatic carbocycles. The monoisotopic (exact) mass is 345 g/mol. The molecule has 0 heterocycles. The Morgan fingerprint density at radius 3 is 2.29 bits per heavy atom. The fourth-order valence-electron chi connectivity index (χ4n) is 1.58. The third-order valence-electron chi connectivity index (χ3n) is 2.59. The summed E-state index contributed by atoms with van der Waals surface area (Å²) < 4.78 is 6.13. The molecule has 4 nitrogen and oxygen atoms in total. The van der Waals surface area contributed by atoms with Crippen LogP contribution in [0.3, 0.4) is 0 Å². The Bertz CT molecular complexity index is 661. The van der Waals surface area contributed by atoms with Gasteiger partial charge in [-0.05, 0) is 53.6 Å². The number of oxime groups is 1. The molecule has 106 valence electrons. The topological polar surface area (TPSA) is 58.9 Å². The normalized spacial score (nSPS) is 11.1. The van der Waals surface area contributed by atoms with Gasteiger partial charge in [0.25, 0.3) is 0 Å². The highest BCUT2D eigenvalue weighted by atomic mass is 79.9. The Morgan fingerprint density at radius 2 is 1.67 bits per heavy atom. The van der Waals surface area contributed by atoms with Crippen LogP contribution in [0.1, 0.15) is 11.1 Å². The molecule has 0 unspecified atom stereocenters. The quantitative estimate of drug-likeness (QED) is 0.228. The molecule has 0 saturated carbocycles. The van der Waals surface area contributed by atoms with Gasteiger partial charge in [0.15, 0.2) is 0 Å². The zero-order valence-electron chi connectivity index (χ0n) is 10.9. The zero-order chi connectivity index (χ0) is 15.1. The maximum Gasteiger partial charge on any atom is 0.336 e. The van der Waals surface area contributed by atoms with E-state index in [9.17, 15) is 4.79 Å². The van der Waals surface area contributed by atoms with Crippen molar-refractivity contribution in [3.05, 3.63) is 70.2 Å².